The van der Waals surface area contributed by atoms with Crippen LogP contribution in [0.15, 0.2) is 9.98 Å². The summed E-state index contributed by atoms with van der Waals surface area (Å²) in [6.07, 6.45) is -1.67. The number of hydrogen-bond donors (Lipinski definition) is 1. The Balaban J connectivity index is 2.45. The van der Waals surface area contributed by atoms with Gasteiger partial charge in [0, 0.05) is 18.9 Å². The van der Waals surface area contributed by atoms with Crippen LogP contribution in [0.3, 0.4) is 0 Å². The third-order valence-electron chi connectivity index (χ3n) is 2.11. The molecule has 1 rings (SSSR count). The molecule has 0 saturated carbocycles. The number of alkyl halides is 3. The molecule has 0 aliphatic carbocycles. The van der Waals surface area contributed by atoms with Gasteiger partial charge in [-0.3, -0.25) is 9.98 Å². The molecule has 0 fully saturated rings. The maximum atomic E-state index is 11.8. The smallest absolute Gasteiger partial charge is 0.262 e. The molecule has 0 radical (unpaired) electrons. The summed E-state index contributed by atoms with van der Waals surface area (Å²) in [5.41, 5.74) is -0.882. The zero-order valence-electron chi connectivity index (χ0n) is 9.03. The maximum absolute atomic E-state index is 11.8. The fourth-order valence-corrected chi connectivity index (χ4v) is 2.33. The second-order valence-corrected chi connectivity index (χ2v) is 5.70. The van der Waals surface area contributed by atoms with Crippen molar-refractivity contribution in [1.82, 2.24) is 4.72 Å². The lowest BCUT2D eigenvalue weighted by molar-refractivity contribution is -0.121. The van der Waals surface area contributed by atoms with Gasteiger partial charge < -0.3 is 0 Å². The van der Waals surface area contributed by atoms with Crippen molar-refractivity contribution in [2.75, 3.05) is 12.3 Å². The van der Waals surface area contributed by atoms with Gasteiger partial charge in [-0.05, 0) is 6.92 Å². The number of nitrogens with one attached hydrogen (secondary N) is 1. The Morgan fingerprint density at radius 3 is 2.29 bits per heavy atom. The van der Waals surface area contributed by atoms with Gasteiger partial charge in [-0.25, -0.2) is 13.1 Å². The van der Waals surface area contributed by atoms with Crippen molar-refractivity contribution in [3.63, 3.8) is 0 Å². The van der Waals surface area contributed by atoms with Crippen molar-refractivity contribution in [3.05, 3.63) is 0 Å². The minimum Gasteiger partial charge on any atom is -0.262 e. The fraction of sp³-hybridized carbons (Fsp3) is 0.750. The van der Waals surface area contributed by atoms with Crippen LogP contribution in [0.1, 0.15) is 13.3 Å². The SMILES string of the molecule is CC1(CCS(=O)(=O)NCC(F)(F)F)N=CC=N1. The zero-order valence-corrected chi connectivity index (χ0v) is 9.85. The van der Waals surface area contributed by atoms with E-state index >= 15 is 0 Å². The molecule has 0 atom stereocenters. The quantitative estimate of drug-likeness (QED) is 0.800. The van der Waals surface area contributed by atoms with E-state index in [1.54, 1.807) is 6.92 Å². The van der Waals surface area contributed by atoms with Gasteiger partial charge >= 0.3 is 6.18 Å². The molecule has 0 aromatic carbocycles. The minimum absolute atomic E-state index is 0.0349. The third kappa shape index (κ3) is 5.26. The van der Waals surface area contributed by atoms with Crippen LogP contribution in [0, 0.1) is 0 Å². The fourth-order valence-electron chi connectivity index (χ4n) is 1.14. The van der Waals surface area contributed by atoms with Gasteiger partial charge in [0.2, 0.25) is 10.0 Å². The lowest BCUT2D eigenvalue weighted by Gasteiger charge is -2.17. The number of nitrogens with zero attached hydrogens (tertiary/aromatic N) is 2. The molecular formula is C8H12F3N3O2S. The summed E-state index contributed by atoms with van der Waals surface area (Å²) < 4.78 is 59.5. The first-order valence-electron chi connectivity index (χ1n) is 4.75. The van der Waals surface area contributed by atoms with Crippen LogP contribution in [0.25, 0.3) is 0 Å². The standard InChI is InChI=1S/C8H12F3N3O2S/c1-7(12-3-4-13-7)2-5-17(15,16)14-6-8(9,10)11/h3-4,14H,2,5-6H2,1H3. The Kier molecular flexibility index (Phi) is 3.92. The summed E-state index contributed by atoms with van der Waals surface area (Å²) in [4.78, 5) is 7.84. The number of sulfonamides is 1. The minimum atomic E-state index is -4.55. The molecule has 0 amide bonds. The van der Waals surface area contributed by atoms with Gasteiger partial charge in [-0.1, -0.05) is 0 Å². The molecule has 1 aliphatic heterocycles. The van der Waals surface area contributed by atoms with Crippen LogP contribution < -0.4 is 4.72 Å². The molecule has 0 aromatic heterocycles. The Morgan fingerprint density at radius 1 is 1.29 bits per heavy atom. The number of halogens is 3. The van der Waals surface area contributed by atoms with Gasteiger partial charge in [-0.15, -0.1) is 0 Å². The van der Waals surface area contributed by atoms with E-state index < -0.39 is 34.2 Å². The van der Waals surface area contributed by atoms with E-state index in [1.807, 2.05) is 0 Å². The summed E-state index contributed by atoms with van der Waals surface area (Å²) in [5, 5.41) is 0. The highest BCUT2D eigenvalue weighted by atomic mass is 32.2. The van der Waals surface area contributed by atoms with Crippen LogP contribution in [-0.2, 0) is 10.0 Å². The van der Waals surface area contributed by atoms with E-state index in [0.29, 0.717) is 0 Å². The van der Waals surface area contributed by atoms with Crippen LogP contribution in [-0.4, -0.2) is 45.0 Å². The molecule has 0 aromatic rings. The second kappa shape index (κ2) is 4.73. The second-order valence-electron chi connectivity index (χ2n) is 3.78. The highest BCUT2D eigenvalue weighted by molar-refractivity contribution is 7.89. The summed E-state index contributed by atoms with van der Waals surface area (Å²) >= 11 is 0. The summed E-state index contributed by atoms with van der Waals surface area (Å²) in [6, 6.07) is 0. The molecule has 0 unspecified atom stereocenters. The van der Waals surface area contributed by atoms with E-state index in [9.17, 15) is 21.6 Å². The maximum Gasteiger partial charge on any atom is 0.402 e. The summed E-state index contributed by atoms with van der Waals surface area (Å²) in [5.74, 6) is -0.450. The Bertz CT molecular complexity index is 416. The van der Waals surface area contributed by atoms with Gasteiger partial charge in [-0.2, -0.15) is 13.2 Å². The lowest BCUT2D eigenvalue weighted by atomic mass is 10.2. The Labute approximate surface area is 96.9 Å². The zero-order chi connectivity index (χ0) is 13.2. The van der Waals surface area contributed by atoms with Crippen molar-refractivity contribution in [2.45, 2.75) is 25.2 Å². The number of hydrogen-bond acceptors (Lipinski definition) is 4. The van der Waals surface area contributed by atoms with Gasteiger partial charge in [0.05, 0.1) is 5.75 Å². The molecule has 0 saturated heterocycles. The van der Waals surface area contributed by atoms with Crippen LogP contribution in [0.5, 0.6) is 0 Å². The van der Waals surface area contributed by atoms with E-state index in [0.717, 1.165) is 0 Å². The van der Waals surface area contributed by atoms with Gasteiger partial charge in [0.1, 0.15) is 12.2 Å². The first kappa shape index (κ1) is 14.1. The lowest BCUT2D eigenvalue weighted by Crippen LogP contribution is -2.36. The number of aliphatic imine (C=N–C) groups is 2. The largest absolute Gasteiger partial charge is 0.402 e. The average Bonchev–Trinajstić information content (AvgIpc) is 2.60. The Morgan fingerprint density at radius 2 is 1.82 bits per heavy atom. The molecule has 0 spiro atoms. The van der Waals surface area contributed by atoms with Crippen molar-refractivity contribution >= 4 is 22.5 Å². The van der Waals surface area contributed by atoms with Crippen molar-refractivity contribution in [2.24, 2.45) is 9.98 Å². The van der Waals surface area contributed by atoms with Crippen LogP contribution in [0.2, 0.25) is 0 Å². The molecule has 0 bridgehead atoms. The summed E-state index contributed by atoms with van der Waals surface area (Å²) in [6.45, 7) is 0.0465. The topological polar surface area (TPSA) is 70.9 Å². The van der Waals surface area contributed by atoms with Gasteiger partial charge in [0.25, 0.3) is 0 Å². The highest BCUT2D eigenvalue weighted by Crippen LogP contribution is 2.20. The predicted molar refractivity (Wildman–Crippen MR) is 57.9 cm³/mol. The molecule has 98 valence electrons. The molecular weight excluding hydrogens is 259 g/mol. The normalized spacial score (nSPS) is 18.8. The van der Waals surface area contributed by atoms with Crippen molar-refractivity contribution in [1.29, 1.82) is 0 Å². The van der Waals surface area contributed by atoms with Crippen LogP contribution in [0.4, 0.5) is 13.2 Å². The molecule has 1 aliphatic rings. The monoisotopic (exact) mass is 271 g/mol. The average molecular weight is 271 g/mol. The first-order valence-corrected chi connectivity index (χ1v) is 6.40. The molecule has 17 heavy (non-hydrogen) atoms. The van der Waals surface area contributed by atoms with Crippen LogP contribution >= 0.6 is 0 Å². The van der Waals surface area contributed by atoms with Gasteiger partial charge in [0.15, 0.2) is 0 Å². The first-order chi connectivity index (χ1) is 7.62. The molecule has 5 nitrogen and oxygen atoms in total. The number of rotatable bonds is 5. The van der Waals surface area contributed by atoms with E-state index in [4.69, 9.17) is 0 Å². The van der Waals surface area contributed by atoms with E-state index in [-0.39, 0.29) is 6.42 Å². The molecule has 1 heterocycles. The third-order valence-corrected chi connectivity index (χ3v) is 3.43. The van der Waals surface area contributed by atoms with Crippen molar-refractivity contribution in [3.8, 4) is 0 Å². The molecule has 9 heteroatoms. The predicted octanol–water partition coefficient (Wildman–Crippen LogP) is 0.730. The molecule has 1 N–H and O–H groups in total. The Hall–Kier alpha value is -0.960. The van der Waals surface area contributed by atoms with E-state index in [1.165, 1.54) is 17.2 Å². The summed E-state index contributed by atoms with van der Waals surface area (Å²) in [7, 11) is -3.96. The van der Waals surface area contributed by atoms with Crippen molar-refractivity contribution < 1.29 is 21.6 Å². The highest BCUT2D eigenvalue weighted by Gasteiger charge is 2.31. The van der Waals surface area contributed by atoms with E-state index in [2.05, 4.69) is 9.98 Å².